The molecule has 0 aliphatic carbocycles. The summed E-state index contributed by atoms with van der Waals surface area (Å²) in [5.74, 6) is 0.256. The van der Waals surface area contributed by atoms with Gasteiger partial charge in [0.15, 0.2) is 11.5 Å². The first-order valence-corrected chi connectivity index (χ1v) is 9.48. The number of nitrogens with zero attached hydrogens (tertiary/aromatic N) is 1. The van der Waals surface area contributed by atoms with Gasteiger partial charge in [-0.3, -0.25) is 4.79 Å². The number of carbonyl (C=O) groups is 2. The molecule has 0 bridgehead atoms. The van der Waals surface area contributed by atoms with Gasteiger partial charge in [0, 0.05) is 12.2 Å². The van der Waals surface area contributed by atoms with Crippen LogP contribution in [0.4, 0.5) is 5.69 Å². The summed E-state index contributed by atoms with van der Waals surface area (Å²) < 4.78 is 10.8. The third kappa shape index (κ3) is 3.10. The third-order valence-electron chi connectivity index (χ3n) is 5.29. The molecule has 1 amide bonds. The zero-order chi connectivity index (χ0) is 20.7. The molecule has 2 heterocycles. The van der Waals surface area contributed by atoms with Crippen LogP contribution in [0.1, 0.15) is 38.0 Å². The molecule has 150 valence electrons. The van der Waals surface area contributed by atoms with Crippen LogP contribution in [0, 0.1) is 0 Å². The van der Waals surface area contributed by atoms with Crippen LogP contribution in [-0.2, 0) is 6.54 Å². The van der Waals surface area contributed by atoms with E-state index in [-0.39, 0.29) is 18.3 Å². The van der Waals surface area contributed by atoms with E-state index >= 15 is 0 Å². The maximum absolute atomic E-state index is 13.3. The molecule has 0 fully saturated rings. The number of anilines is 1. The topological polar surface area (TPSA) is 88.1 Å². The van der Waals surface area contributed by atoms with Crippen LogP contribution in [0.15, 0.2) is 66.7 Å². The van der Waals surface area contributed by atoms with E-state index in [4.69, 9.17) is 9.47 Å². The lowest BCUT2D eigenvalue weighted by Gasteiger charge is -2.38. The van der Waals surface area contributed by atoms with Crippen LogP contribution < -0.4 is 14.8 Å². The highest BCUT2D eigenvalue weighted by molar-refractivity contribution is 6.01. The Hall–Kier alpha value is -4.00. The summed E-state index contributed by atoms with van der Waals surface area (Å²) in [6.45, 7) is 0.539. The molecule has 2 aliphatic heterocycles. The second kappa shape index (κ2) is 7.11. The molecule has 3 aromatic carbocycles. The first-order valence-electron chi connectivity index (χ1n) is 9.48. The number of carbonyl (C=O) groups excluding carboxylic acids is 1. The fourth-order valence-corrected chi connectivity index (χ4v) is 3.76. The Morgan fingerprint density at radius 3 is 2.60 bits per heavy atom. The van der Waals surface area contributed by atoms with Gasteiger partial charge in [0.2, 0.25) is 6.79 Å². The van der Waals surface area contributed by atoms with Crippen molar-refractivity contribution in [1.29, 1.82) is 0 Å². The molecular formula is C23H18N2O5. The number of benzene rings is 3. The number of hydrogen-bond donors (Lipinski definition) is 2. The van der Waals surface area contributed by atoms with E-state index in [1.54, 1.807) is 35.2 Å². The number of para-hydroxylation sites is 1. The molecule has 1 atom stereocenters. The molecule has 3 aromatic rings. The van der Waals surface area contributed by atoms with Crippen molar-refractivity contribution >= 4 is 17.6 Å². The zero-order valence-corrected chi connectivity index (χ0v) is 15.9. The van der Waals surface area contributed by atoms with Crippen LogP contribution in [0.25, 0.3) is 0 Å². The van der Waals surface area contributed by atoms with Crippen molar-refractivity contribution in [2.75, 3.05) is 12.1 Å². The highest BCUT2D eigenvalue weighted by Crippen LogP contribution is 2.37. The molecule has 0 spiro atoms. The Morgan fingerprint density at radius 2 is 1.80 bits per heavy atom. The number of ether oxygens (including phenoxy) is 2. The van der Waals surface area contributed by atoms with Crippen LogP contribution >= 0.6 is 0 Å². The lowest BCUT2D eigenvalue weighted by molar-refractivity contribution is 0.0662. The molecule has 0 saturated carbocycles. The Labute approximate surface area is 172 Å². The number of amides is 1. The quantitative estimate of drug-likeness (QED) is 0.689. The predicted molar refractivity (Wildman–Crippen MR) is 109 cm³/mol. The second-order valence-electron chi connectivity index (χ2n) is 7.14. The highest BCUT2D eigenvalue weighted by atomic mass is 16.7. The number of aromatic carboxylic acids is 1. The van der Waals surface area contributed by atoms with Gasteiger partial charge >= 0.3 is 5.97 Å². The largest absolute Gasteiger partial charge is 0.478 e. The fourth-order valence-electron chi connectivity index (χ4n) is 3.76. The van der Waals surface area contributed by atoms with Gasteiger partial charge in [0.25, 0.3) is 5.91 Å². The number of hydrogen-bond acceptors (Lipinski definition) is 5. The smallest absolute Gasteiger partial charge is 0.335 e. The highest BCUT2D eigenvalue weighted by Gasteiger charge is 2.33. The van der Waals surface area contributed by atoms with Gasteiger partial charge in [0.1, 0.15) is 6.17 Å². The summed E-state index contributed by atoms with van der Waals surface area (Å²) in [4.78, 5) is 26.3. The summed E-state index contributed by atoms with van der Waals surface area (Å²) >= 11 is 0. The van der Waals surface area contributed by atoms with Crippen LogP contribution in [-0.4, -0.2) is 28.7 Å². The molecule has 0 radical (unpaired) electrons. The number of rotatable bonds is 4. The molecule has 0 aromatic heterocycles. The number of carboxylic acids is 1. The van der Waals surface area contributed by atoms with E-state index in [9.17, 15) is 14.7 Å². The normalized spacial score (nSPS) is 16.7. The average molecular weight is 402 g/mol. The van der Waals surface area contributed by atoms with Gasteiger partial charge in [0.05, 0.1) is 11.1 Å². The number of nitrogens with one attached hydrogen (secondary N) is 1. The van der Waals surface area contributed by atoms with Gasteiger partial charge in [-0.25, -0.2) is 4.79 Å². The first-order chi connectivity index (χ1) is 14.6. The molecule has 30 heavy (non-hydrogen) atoms. The Balaban J connectivity index is 1.52. The van der Waals surface area contributed by atoms with Crippen molar-refractivity contribution in [1.82, 2.24) is 4.90 Å². The minimum atomic E-state index is -0.989. The maximum atomic E-state index is 13.3. The van der Waals surface area contributed by atoms with E-state index in [0.717, 1.165) is 16.8 Å². The molecule has 0 saturated heterocycles. The van der Waals surface area contributed by atoms with Gasteiger partial charge < -0.3 is 24.8 Å². The van der Waals surface area contributed by atoms with Crippen LogP contribution in [0.2, 0.25) is 0 Å². The fraction of sp³-hybridized carbons (Fsp3) is 0.130. The van der Waals surface area contributed by atoms with Crippen molar-refractivity contribution in [2.24, 2.45) is 0 Å². The van der Waals surface area contributed by atoms with Crippen molar-refractivity contribution in [3.05, 3.63) is 89.0 Å². The van der Waals surface area contributed by atoms with Crippen molar-refractivity contribution in [3.8, 4) is 11.5 Å². The standard InChI is InChI=1S/C23H18N2O5/c26-22-17-3-1-2-4-18(17)24-21(15-6-8-16(9-7-15)23(27)28)25(22)12-14-5-10-19-20(11-14)30-13-29-19/h1-11,21,24H,12-13H2,(H,27,28). The van der Waals surface area contributed by atoms with Crippen LogP contribution in [0.3, 0.4) is 0 Å². The molecule has 2 N–H and O–H groups in total. The SMILES string of the molecule is O=C(O)c1ccc(C2Nc3ccccc3C(=O)N2Cc2ccc3c(c2)OCO3)cc1. The van der Waals surface area contributed by atoms with E-state index in [2.05, 4.69) is 5.32 Å². The minimum Gasteiger partial charge on any atom is -0.478 e. The summed E-state index contributed by atoms with van der Waals surface area (Å²) in [7, 11) is 0. The number of carboxylic acid groups (broad SMARTS) is 1. The van der Waals surface area contributed by atoms with E-state index in [0.29, 0.717) is 23.6 Å². The summed E-state index contributed by atoms with van der Waals surface area (Å²) in [6, 6.07) is 19.5. The monoisotopic (exact) mass is 402 g/mol. The summed E-state index contributed by atoms with van der Waals surface area (Å²) in [5.41, 5.74) is 3.24. The summed E-state index contributed by atoms with van der Waals surface area (Å²) in [6.07, 6.45) is -0.444. The molecule has 2 aliphatic rings. The first kappa shape index (κ1) is 18.1. The van der Waals surface area contributed by atoms with Gasteiger partial charge in [-0.2, -0.15) is 0 Å². The predicted octanol–water partition coefficient (Wildman–Crippen LogP) is 3.88. The minimum absolute atomic E-state index is 0.102. The van der Waals surface area contributed by atoms with Crippen molar-refractivity contribution in [3.63, 3.8) is 0 Å². The van der Waals surface area contributed by atoms with Crippen LogP contribution in [0.5, 0.6) is 11.5 Å². The van der Waals surface area contributed by atoms with E-state index in [1.807, 2.05) is 36.4 Å². The average Bonchev–Trinajstić information content (AvgIpc) is 3.23. The molecule has 1 unspecified atom stereocenters. The van der Waals surface area contributed by atoms with Gasteiger partial charge in [-0.05, 0) is 47.5 Å². The lowest BCUT2D eigenvalue weighted by atomic mass is 10.0. The Morgan fingerprint density at radius 1 is 1.03 bits per heavy atom. The van der Waals surface area contributed by atoms with E-state index < -0.39 is 12.1 Å². The maximum Gasteiger partial charge on any atom is 0.335 e. The number of fused-ring (bicyclic) bond motifs is 2. The molecule has 7 nitrogen and oxygen atoms in total. The summed E-state index contributed by atoms with van der Waals surface area (Å²) in [5, 5.41) is 12.6. The van der Waals surface area contributed by atoms with Gasteiger partial charge in [-0.1, -0.05) is 30.3 Å². The van der Waals surface area contributed by atoms with Gasteiger partial charge in [-0.15, -0.1) is 0 Å². The molecule has 7 heteroatoms. The third-order valence-corrected chi connectivity index (χ3v) is 5.29. The second-order valence-corrected chi connectivity index (χ2v) is 7.14. The van der Waals surface area contributed by atoms with Crippen molar-refractivity contribution in [2.45, 2.75) is 12.7 Å². The molecular weight excluding hydrogens is 384 g/mol. The Bertz CT molecular complexity index is 1140. The van der Waals surface area contributed by atoms with E-state index in [1.165, 1.54) is 0 Å². The molecule has 5 rings (SSSR count). The lowest BCUT2D eigenvalue weighted by Crippen LogP contribution is -2.42. The van der Waals surface area contributed by atoms with Crippen molar-refractivity contribution < 1.29 is 24.2 Å². The zero-order valence-electron chi connectivity index (χ0n) is 15.9. The Kier molecular flexibility index (Phi) is 4.28.